The van der Waals surface area contributed by atoms with Gasteiger partial charge in [-0.3, -0.25) is 0 Å². The van der Waals surface area contributed by atoms with Gasteiger partial charge in [0.1, 0.15) is 0 Å². The number of hydrogen-bond donors (Lipinski definition) is 0. The Hall–Kier alpha value is -0.770. The SMILES string of the molecule is CC=C(C)C(C#N)CC. The predicted octanol–water partition coefficient (Wildman–Crippen LogP) is 2.50. The monoisotopic (exact) mass is 123 g/mol. The Balaban J connectivity index is 4.00. The fraction of sp³-hybridized carbons (Fsp3) is 0.625. The van der Waals surface area contributed by atoms with E-state index in [9.17, 15) is 0 Å². The van der Waals surface area contributed by atoms with E-state index in [0.29, 0.717) is 0 Å². The van der Waals surface area contributed by atoms with Crippen LogP contribution in [0.1, 0.15) is 27.2 Å². The molecule has 0 aliphatic carbocycles. The van der Waals surface area contributed by atoms with Gasteiger partial charge in [-0.25, -0.2) is 0 Å². The molecule has 1 atom stereocenters. The van der Waals surface area contributed by atoms with Crippen LogP contribution in [0.15, 0.2) is 11.6 Å². The van der Waals surface area contributed by atoms with Crippen LogP contribution >= 0.6 is 0 Å². The molecule has 0 spiro atoms. The zero-order valence-corrected chi connectivity index (χ0v) is 6.31. The first-order valence-corrected chi connectivity index (χ1v) is 3.28. The molecule has 0 radical (unpaired) electrons. The molecule has 50 valence electrons. The fourth-order valence-electron chi connectivity index (χ4n) is 0.716. The van der Waals surface area contributed by atoms with Crippen LogP contribution in [0, 0.1) is 17.2 Å². The molecule has 0 saturated carbocycles. The summed E-state index contributed by atoms with van der Waals surface area (Å²) < 4.78 is 0. The predicted molar refractivity (Wildman–Crippen MR) is 38.8 cm³/mol. The van der Waals surface area contributed by atoms with Crippen molar-refractivity contribution in [2.45, 2.75) is 27.2 Å². The van der Waals surface area contributed by atoms with E-state index in [2.05, 4.69) is 6.07 Å². The maximum absolute atomic E-state index is 8.54. The molecule has 0 N–H and O–H groups in total. The Morgan fingerprint density at radius 3 is 2.44 bits per heavy atom. The van der Waals surface area contributed by atoms with Crippen molar-refractivity contribution in [3.63, 3.8) is 0 Å². The van der Waals surface area contributed by atoms with E-state index < -0.39 is 0 Å². The zero-order chi connectivity index (χ0) is 7.28. The standard InChI is InChI=1S/C8H13N/c1-4-7(3)8(5-2)6-9/h4,8H,5H2,1-3H3. The highest BCUT2D eigenvalue weighted by Crippen LogP contribution is 2.11. The van der Waals surface area contributed by atoms with Crippen LogP contribution in [0.5, 0.6) is 0 Å². The summed E-state index contributed by atoms with van der Waals surface area (Å²) in [5, 5.41) is 8.54. The second-order valence-corrected chi connectivity index (χ2v) is 2.12. The molecule has 0 fully saturated rings. The van der Waals surface area contributed by atoms with E-state index in [4.69, 9.17) is 5.26 Å². The highest BCUT2D eigenvalue weighted by Gasteiger charge is 2.03. The van der Waals surface area contributed by atoms with Crippen molar-refractivity contribution in [3.05, 3.63) is 11.6 Å². The third-order valence-electron chi connectivity index (χ3n) is 1.57. The highest BCUT2D eigenvalue weighted by atomic mass is 14.3. The van der Waals surface area contributed by atoms with Crippen molar-refractivity contribution < 1.29 is 0 Å². The van der Waals surface area contributed by atoms with Crippen LogP contribution in [-0.2, 0) is 0 Å². The zero-order valence-electron chi connectivity index (χ0n) is 6.31. The second-order valence-electron chi connectivity index (χ2n) is 2.12. The third-order valence-corrected chi connectivity index (χ3v) is 1.57. The van der Waals surface area contributed by atoms with Crippen molar-refractivity contribution in [1.29, 1.82) is 5.26 Å². The first kappa shape index (κ1) is 8.23. The minimum atomic E-state index is 0.134. The summed E-state index contributed by atoms with van der Waals surface area (Å²) >= 11 is 0. The van der Waals surface area contributed by atoms with E-state index in [-0.39, 0.29) is 5.92 Å². The Morgan fingerprint density at radius 2 is 2.33 bits per heavy atom. The average molecular weight is 123 g/mol. The van der Waals surface area contributed by atoms with E-state index in [1.54, 1.807) is 0 Å². The molecular weight excluding hydrogens is 110 g/mol. The lowest BCUT2D eigenvalue weighted by Gasteiger charge is -2.03. The molecular formula is C8H13N. The second kappa shape index (κ2) is 4.14. The van der Waals surface area contributed by atoms with Crippen molar-refractivity contribution in [1.82, 2.24) is 0 Å². The summed E-state index contributed by atoms with van der Waals surface area (Å²) in [4.78, 5) is 0. The molecule has 9 heavy (non-hydrogen) atoms. The van der Waals surface area contributed by atoms with Crippen LogP contribution < -0.4 is 0 Å². The van der Waals surface area contributed by atoms with Gasteiger partial charge in [0, 0.05) is 0 Å². The van der Waals surface area contributed by atoms with Gasteiger partial charge in [0.05, 0.1) is 12.0 Å². The Morgan fingerprint density at radius 1 is 1.78 bits per heavy atom. The van der Waals surface area contributed by atoms with Gasteiger partial charge < -0.3 is 0 Å². The van der Waals surface area contributed by atoms with Gasteiger partial charge in [-0.05, 0) is 20.3 Å². The molecule has 0 aromatic carbocycles. The molecule has 0 bridgehead atoms. The Bertz CT molecular complexity index is 139. The van der Waals surface area contributed by atoms with E-state index in [1.807, 2.05) is 26.8 Å². The number of hydrogen-bond acceptors (Lipinski definition) is 1. The summed E-state index contributed by atoms with van der Waals surface area (Å²) in [7, 11) is 0. The van der Waals surface area contributed by atoms with E-state index in [0.717, 1.165) is 6.42 Å². The van der Waals surface area contributed by atoms with Crippen LogP contribution in [0.3, 0.4) is 0 Å². The minimum absolute atomic E-state index is 0.134. The maximum Gasteiger partial charge on any atom is 0.0700 e. The fourth-order valence-corrected chi connectivity index (χ4v) is 0.716. The van der Waals surface area contributed by atoms with Crippen molar-refractivity contribution in [2.75, 3.05) is 0 Å². The quantitative estimate of drug-likeness (QED) is 0.517. The van der Waals surface area contributed by atoms with Crippen LogP contribution in [-0.4, -0.2) is 0 Å². The summed E-state index contributed by atoms with van der Waals surface area (Å²) in [6, 6.07) is 2.23. The number of nitriles is 1. The van der Waals surface area contributed by atoms with Crippen LogP contribution in [0.4, 0.5) is 0 Å². The van der Waals surface area contributed by atoms with Crippen molar-refractivity contribution in [3.8, 4) is 6.07 Å². The molecule has 0 aromatic rings. The lowest BCUT2D eigenvalue weighted by Crippen LogP contribution is -1.94. The minimum Gasteiger partial charge on any atom is -0.198 e. The topological polar surface area (TPSA) is 23.8 Å². The number of nitrogens with zero attached hydrogens (tertiary/aromatic N) is 1. The molecule has 0 amide bonds. The molecule has 1 unspecified atom stereocenters. The lowest BCUT2D eigenvalue weighted by molar-refractivity contribution is 0.739. The molecule has 0 heterocycles. The molecule has 1 heteroatoms. The van der Waals surface area contributed by atoms with Gasteiger partial charge >= 0.3 is 0 Å². The van der Waals surface area contributed by atoms with Crippen LogP contribution in [0.25, 0.3) is 0 Å². The van der Waals surface area contributed by atoms with Gasteiger partial charge in [0.2, 0.25) is 0 Å². The van der Waals surface area contributed by atoms with Crippen molar-refractivity contribution in [2.24, 2.45) is 5.92 Å². The lowest BCUT2D eigenvalue weighted by atomic mass is 10.00. The normalized spacial score (nSPS) is 14.7. The van der Waals surface area contributed by atoms with E-state index in [1.165, 1.54) is 5.57 Å². The van der Waals surface area contributed by atoms with Gasteiger partial charge in [0.15, 0.2) is 0 Å². The summed E-state index contributed by atoms with van der Waals surface area (Å²) in [6.07, 6.45) is 2.92. The largest absolute Gasteiger partial charge is 0.198 e. The van der Waals surface area contributed by atoms with E-state index >= 15 is 0 Å². The van der Waals surface area contributed by atoms with Crippen molar-refractivity contribution >= 4 is 0 Å². The van der Waals surface area contributed by atoms with Gasteiger partial charge in [-0.2, -0.15) is 5.26 Å². The van der Waals surface area contributed by atoms with Gasteiger partial charge in [0.25, 0.3) is 0 Å². The molecule has 0 aliphatic heterocycles. The molecule has 0 saturated heterocycles. The third kappa shape index (κ3) is 2.32. The first-order valence-electron chi connectivity index (χ1n) is 3.28. The van der Waals surface area contributed by atoms with Gasteiger partial charge in [-0.15, -0.1) is 0 Å². The molecule has 1 nitrogen and oxygen atoms in total. The summed E-state index contributed by atoms with van der Waals surface area (Å²) in [6.45, 7) is 5.99. The number of allylic oxidation sites excluding steroid dienone is 2. The maximum atomic E-state index is 8.54. The molecule has 0 aliphatic rings. The summed E-state index contributed by atoms with van der Waals surface area (Å²) in [5.74, 6) is 0.134. The highest BCUT2D eigenvalue weighted by molar-refractivity contribution is 5.09. The summed E-state index contributed by atoms with van der Waals surface area (Å²) in [5.41, 5.74) is 1.18. The molecule has 0 rings (SSSR count). The Labute approximate surface area is 57.0 Å². The smallest absolute Gasteiger partial charge is 0.0700 e. The van der Waals surface area contributed by atoms with Crippen LogP contribution in [0.2, 0.25) is 0 Å². The first-order chi connectivity index (χ1) is 4.26. The van der Waals surface area contributed by atoms with Gasteiger partial charge in [-0.1, -0.05) is 18.6 Å². The Kier molecular flexibility index (Phi) is 3.79. The average Bonchev–Trinajstić information content (AvgIpc) is 1.90. The molecule has 0 aromatic heterocycles. The number of rotatable bonds is 2.